The number of nitrogens with one attached hydrogen (secondary N) is 1. The Balaban J connectivity index is 0.00000363. The summed E-state index contributed by atoms with van der Waals surface area (Å²) in [5.74, 6) is 1.08. The highest BCUT2D eigenvalue weighted by molar-refractivity contribution is 8.93. The van der Waals surface area contributed by atoms with Crippen LogP contribution in [0.4, 0.5) is 10.8 Å². The molecule has 0 saturated carbocycles. The van der Waals surface area contributed by atoms with Gasteiger partial charge in [-0.05, 0) is 12.1 Å². The summed E-state index contributed by atoms with van der Waals surface area (Å²) in [5.41, 5.74) is 2.23. The second-order valence-electron chi connectivity index (χ2n) is 6.46. The molecule has 0 spiro atoms. The third-order valence-electron chi connectivity index (χ3n) is 4.71. The van der Waals surface area contributed by atoms with Crippen molar-refractivity contribution in [1.82, 2.24) is 9.29 Å². The average molecular weight is 563 g/mol. The van der Waals surface area contributed by atoms with Gasteiger partial charge in [0.05, 0.1) is 35.5 Å². The Hall–Kier alpha value is -1.85. The monoisotopic (exact) mass is 561 g/mol. The minimum absolute atomic E-state index is 0. The van der Waals surface area contributed by atoms with E-state index in [9.17, 15) is 8.42 Å². The maximum Gasteiger partial charge on any atom is 0.243 e. The molecule has 1 heterocycles. The van der Waals surface area contributed by atoms with Crippen molar-refractivity contribution in [3.05, 3.63) is 46.8 Å². The van der Waals surface area contributed by atoms with Gasteiger partial charge in [0.25, 0.3) is 0 Å². The Morgan fingerprint density at radius 2 is 1.69 bits per heavy atom. The number of hydrogen-bond acceptors (Lipinski definition) is 7. The lowest BCUT2D eigenvalue weighted by atomic mass is 10.2. The van der Waals surface area contributed by atoms with E-state index in [0.29, 0.717) is 40.4 Å². The molecule has 0 aliphatic heterocycles. The molecule has 2 aromatic carbocycles. The van der Waals surface area contributed by atoms with E-state index in [-0.39, 0.29) is 21.9 Å². The summed E-state index contributed by atoms with van der Waals surface area (Å²) >= 11 is 7.58. The minimum Gasteiger partial charge on any atom is -0.495 e. The quantitative estimate of drug-likeness (QED) is 0.353. The molecule has 0 fully saturated rings. The van der Waals surface area contributed by atoms with Crippen molar-refractivity contribution in [2.45, 2.75) is 18.7 Å². The largest absolute Gasteiger partial charge is 0.495 e. The Kier molecular flexibility index (Phi) is 9.35. The Bertz CT molecular complexity index is 1150. The molecule has 0 aliphatic carbocycles. The zero-order chi connectivity index (χ0) is 22.6. The van der Waals surface area contributed by atoms with Gasteiger partial charge in [-0.2, -0.15) is 4.31 Å². The molecule has 3 aromatic rings. The van der Waals surface area contributed by atoms with Crippen molar-refractivity contribution in [3.8, 4) is 22.8 Å². The number of nitrogens with zero attached hydrogens (tertiary/aromatic N) is 2. The predicted octanol–water partition coefficient (Wildman–Crippen LogP) is 5.83. The Morgan fingerprint density at radius 1 is 1.06 bits per heavy atom. The van der Waals surface area contributed by atoms with Crippen LogP contribution in [0, 0.1) is 0 Å². The standard InChI is InChI=1S/C21H24ClN3O4S2.BrH/c1-5-25(6-2)31(26,27)15-9-7-14(8-10-15)18-13-30-21(24-18)23-17-12-19(28-3)16(22)11-20(17)29-4;/h7-13H,5-6H2,1-4H3,(H,23,24);1H. The summed E-state index contributed by atoms with van der Waals surface area (Å²) < 4.78 is 37.4. The van der Waals surface area contributed by atoms with Gasteiger partial charge in [0.1, 0.15) is 11.5 Å². The van der Waals surface area contributed by atoms with E-state index in [1.165, 1.54) is 15.6 Å². The van der Waals surface area contributed by atoms with Gasteiger partial charge in [-0.1, -0.05) is 37.6 Å². The van der Waals surface area contributed by atoms with Crippen molar-refractivity contribution in [2.75, 3.05) is 32.6 Å². The molecule has 32 heavy (non-hydrogen) atoms. The second-order valence-corrected chi connectivity index (χ2v) is 9.67. The number of anilines is 2. The molecule has 0 saturated heterocycles. The number of thiazole rings is 1. The van der Waals surface area contributed by atoms with Crippen LogP contribution in [0.15, 0.2) is 46.7 Å². The van der Waals surface area contributed by atoms with Crippen LogP contribution in [-0.2, 0) is 10.0 Å². The van der Waals surface area contributed by atoms with Crippen molar-refractivity contribution in [2.24, 2.45) is 0 Å². The van der Waals surface area contributed by atoms with Gasteiger partial charge in [0.2, 0.25) is 10.0 Å². The number of methoxy groups -OCH3 is 2. The van der Waals surface area contributed by atoms with Gasteiger partial charge in [0.15, 0.2) is 5.13 Å². The summed E-state index contributed by atoms with van der Waals surface area (Å²) in [6.07, 6.45) is 0. The van der Waals surface area contributed by atoms with Crippen LogP contribution in [0.2, 0.25) is 5.02 Å². The van der Waals surface area contributed by atoms with Crippen molar-refractivity contribution < 1.29 is 17.9 Å². The van der Waals surface area contributed by atoms with Crippen molar-refractivity contribution in [1.29, 1.82) is 0 Å². The first kappa shape index (κ1) is 26.4. The highest BCUT2D eigenvalue weighted by Gasteiger charge is 2.21. The molecular formula is C21H25BrClN3O4S2. The van der Waals surface area contributed by atoms with E-state index in [2.05, 4.69) is 10.3 Å². The smallest absolute Gasteiger partial charge is 0.243 e. The van der Waals surface area contributed by atoms with E-state index >= 15 is 0 Å². The lowest BCUT2D eigenvalue weighted by Gasteiger charge is -2.18. The highest BCUT2D eigenvalue weighted by atomic mass is 79.9. The topological polar surface area (TPSA) is 80.8 Å². The van der Waals surface area contributed by atoms with Gasteiger partial charge in [-0.25, -0.2) is 13.4 Å². The number of aromatic nitrogens is 1. The second kappa shape index (κ2) is 11.3. The summed E-state index contributed by atoms with van der Waals surface area (Å²) in [4.78, 5) is 4.88. The van der Waals surface area contributed by atoms with Gasteiger partial charge >= 0.3 is 0 Å². The lowest BCUT2D eigenvalue weighted by molar-refractivity contribution is 0.405. The van der Waals surface area contributed by atoms with Crippen LogP contribution in [0.1, 0.15) is 13.8 Å². The van der Waals surface area contributed by atoms with E-state index in [1.807, 2.05) is 19.2 Å². The summed E-state index contributed by atoms with van der Waals surface area (Å²) in [7, 11) is -0.382. The van der Waals surface area contributed by atoms with Gasteiger partial charge in [-0.15, -0.1) is 28.3 Å². The Morgan fingerprint density at radius 3 is 2.25 bits per heavy atom. The molecule has 0 aliphatic rings. The fraction of sp³-hybridized carbons (Fsp3) is 0.286. The normalized spacial score (nSPS) is 11.2. The van der Waals surface area contributed by atoms with E-state index in [1.54, 1.807) is 50.6 Å². The fourth-order valence-corrected chi connectivity index (χ4v) is 5.47. The van der Waals surface area contributed by atoms with Crippen LogP contribution in [-0.4, -0.2) is 45.0 Å². The molecule has 7 nitrogen and oxygen atoms in total. The third kappa shape index (κ3) is 5.55. The summed E-state index contributed by atoms with van der Waals surface area (Å²) in [5, 5.41) is 6.22. The molecule has 1 aromatic heterocycles. The zero-order valence-electron chi connectivity index (χ0n) is 18.1. The first-order valence-electron chi connectivity index (χ1n) is 9.58. The van der Waals surface area contributed by atoms with Gasteiger partial charge in [-0.3, -0.25) is 0 Å². The molecule has 0 atom stereocenters. The SMILES string of the molecule is Br.CCN(CC)S(=O)(=O)c1ccc(-c2csc(Nc3cc(OC)c(Cl)cc3OC)n2)cc1. The van der Waals surface area contributed by atoms with E-state index in [0.717, 1.165) is 11.3 Å². The number of benzene rings is 2. The predicted molar refractivity (Wildman–Crippen MR) is 136 cm³/mol. The van der Waals surface area contributed by atoms with E-state index in [4.69, 9.17) is 21.1 Å². The zero-order valence-corrected chi connectivity index (χ0v) is 22.2. The van der Waals surface area contributed by atoms with Crippen molar-refractivity contribution >= 4 is 60.8 Å². The first-order chi connectivity index (χ1) is 14.8. The molecule has 11 heteroatoms. The van der Waals surface area contributed by atoms with Crippen molar-refractivity contribution in [3.63, 3.8) is 0 Å². The number of hydrogen-bond donors (Lipinski definition) is 1. The van der Waals surface area contributed by atoms with E-state index < -0.39 is 10.0 Å². The molecule has 0 unspecified atom stereocenters. The fourth-order valence-electron chi connectivity index (χ4n) is 3.05. The summed E-state index contributed by atoms with van der Waals surface area (Å²) in [6, 6.07) is 10.2. The first-order valence-corrected chi connectivity index (χ1v) is 12.3. The molecule has 0 bridgehead atoms. The van der Waals surface area contributed by atoms with Gasteiger partial charge < -0.3 is 14.8 Å². The van der Waals surface area contributed by atoms with Crippen LogP contribution in [0.5, 0.6) is 11.5 Å². The lowest BCUT2D eigenvalue weighted by Crippen LogP contribution is -2.30. The minimum atomic E-state index is -3.49. The number of rotatable bonds is 9. The molecular weight excluding hydrogens is 538 g/mol. The molecule has 174 valence electrons. The number of ether oxygens (including phenoxy) is 2. The van der Waals surface area contributed by atoms with Gasteiger partial charge in [0, 0.05) is 36.2 Å². The molecule has 3 rings (SSSR count). The molecule has 0 radical (unpaired) electrons. The average Bonchev–Trinajstić information content (AvgIpc) is 3.24. The van der Waals surface area contributed by atoms with Crippen LogP contribution >= 0.6 is 39.9 Å². The van der Waals surface area contributed by atoms with Crippen LogP contribution < -0.4 is 14.8 Å². The van der Waals surface area contributed by atoms with Crippen LogP contribution in [0.25, 0.3) is 11.3 Å². The maximum atomic E-state index is 12.7. The highest BCUT2D eigenvalue weighted by Crippen LogP contribution is 2.38. The Labute approximate surface area is 208 Å². The van der Waals surface area contributed by atoms with Crippen LogP contribution in [0.3, 0.4) is 0 Å². The third-order valence-corrected chi connectivity index (χ3v) is 7.83. The number of halogens is 2. The summed E-state index contributed by atoms with van der Waals surface area (Å²) in [6.45, 7) is 4.51. The molecule has 1 N–H and O–H groups in total. The molecule has 0 amide bonds. The maximum absolute atomic E-state index is 12.7. The number of sulfonamides is 1.